The fourth-order valence-electron chi connectivity index (χ4n) is 4.00. The maximum Gasteiger partial charge on any atom is 0.309 e. The van der Waals surface area contributed by atoms with E-state index < -0.39 is 17.0 Å². The minimum atomic E-state index is -0.605. The molecule has 1 aromatic heterocycles. The minimum Gasteiger partial charge on any atom is -0.459 e. The van der Waals surface area contributed by atoms with Crippen LogP contribution in [0.15, 0.2) is 36.5 Å². The third kappa shape index (κ3) is 5.10. The second kappa shape index (κ2) is 9.43. The van der Waals surface area contributed by atoms with Crippen molar-refractivity contribution in [2.45, 2.75) is 70.4 Å². The predicted octanol–water partition coefficient (Wildman–Crippen LogP) is 4.26. The molecule has 3 N–H and O–H groups in total. The number of nitrogens with two attached hydrogens (primary N) is 1. The molecule has 1 aliphatic rings. The molecular weight excluding hydrogens is 406 g/mol. The van der Waals surface area contributed by atoms with Crippen LogP contribution in [0, 0.1) is 17.2 Å². The zero-order valence-electron chi connectivity index (χ0n) is 18.9. The van der Waals surface area contributed by atoms with Gasteiger partial charge in [-0.25, -0.2) is 0 Å². The van der Waals surface area contributed by atoms with Gasteiger partial charge in [-0.2, -0.15) is 10.4 Å². The van der Waals surface area contributed by atoms with Crippen LogP contribution in [0.5, 0.6) is 0 Å². The molecule has 1 saturated carbocycles. The lowest BCUT2D eigenvalue weighted by Gasteiger charge is -2.39. The summed E-state index contributed by atoms with van der Waals surface area (Å²) < 4.78 is 7.38. The summed E-state index contributed by atoms with van der Waals surface area (Å²) in [6.07, 6.45) is 4.92. The van der Waals surface area contributed by atoms with E-state index >= 15 is 0 Å². The summed E-state index contributed by atoms with van der Waals surface area (Å²) in [5, 5.41) is 17.3. The van der Waals surface area contributed by atoms with Gasteiger partial charge in [-0.05, 0) is 58.1 Å². The summed E-state index contributed by atoms with van der Waals surface area (Å²) in [6.45, 7) is 5.80. The quantitative estimate of drug-likeness (QED) is 0.595. The Morgan fingerprint density at radius 2 is 1.97 bits per heavy atom. The van der Waals surface area contributed by atoms with Gasteiger partial charge in [0.1, 0.15) is 11.2 Å². The number of anilines is 2. The van der Waals surface area contributed by atoms with Gasteiger partial charge in [0.2, 0.25) is 0 Å². The normalized spacial score (nSPS) is 20.9. The second-order valence-electron chi connectivity index (χ2n) is 9.06. The Labute approximate surface area is 188 Å². The highest BCUT2D eigenvalue weighted by Crippen LogP contribution is 2.41. The number of para-hydroxylation sites is 1. The largest absolute Gasteiger partial charge is 0.459 e. The number of hydrogen-bond acceptors (Lipinski definition) is 6. The first kappa shape index (κ1) is 23.3. The second-order valence-corrected chi connectivity index (χ2v) is 9.06. The van der Waals surface area contributed by atoms with Crippen LogP contribution in [0.2, 0.25) is 0 Å². The van der Waals surface area contributed by atoms with E-state index in [9.17, 15) is 14.9 Å². The van der Waals surface area contributed by atoms with E-state index in [1.807, 2.05) is 51.1 Å². The molecule has 2 aromatic rings. The van der Waals surface area contributed by atoms with Crippen LogP contribution in [-0.4, -0.2) is 27.3 Å². The van der Waals surface area contributed by atoms with Crippen LogP contribution in [0.3, 0.4) is 0 Å². The lowest BCUT2D eigenvalue weighted by atomic mass is 9.75. The molecule has 0 unspecified atom stereocenters. The third-order valence-corrected chi connectivity index (χ3v) is 6.39. The molecule has 0 aliphatic heterocycles. The van der Waals surface area contributed by atoms with E-state index in [1.54, 1.807) is 10.9 Å². The molecule has 1 amide bonds. The molecule has 0 radical (unpaired) electrons. The molecule has 0 atom stereocenters. The fourth-order valence-corrected chi connectivity index (χ4v) is 4.00. The van der Waals surface area contributed by atoms with Crippen LogP contribution in [0.4, 0.5) is 11.5 Å². The van der Waals surface area contributed by atoms with Crippen LogP contribution in [0.1, 0.15) is 69.7 Å². The highest BCUT2D eigenvalue weighted by Gasteiger charge is 2.41. The first-order valence-electron chi connectivity index (χ1n) is 11.0. The molecule has 170 valence electrons. The van der Waals surface area contributed by atoms with Crippen molar-refractivity contribution in [1.29, 1.82) is 5.26 Å². The molecule has 8 heteroatoms. The number of nitrogens with one attached hydrogen (secondary N) is 1. The summed E-state index contributed by atoms with van der Waals surface area (Å²) in [7, 11) is 0. The number of nitrogens with zero attached hydrogens (tertiary/aromatic N) is 3. The molecule has 32 heavy (non-hydrogen) atoms. The Morgan fingerprint density at radius 1 is 1.31 bits per heavy atom. The van der Waals surface area contributed by atoms with E-state index in [0.717, 1.165) is 12.1 Å². The minimum absolute atomic E-state index is 0.188. The lowest BCUT2D eigenvalue weighted by Crippen LogP contribution is -2.41. The molecule has 8 nitrogen and oxygen atoms in total. The van der Waals surface area contributed by atoms with Crippen LogP contribution < -0.4 is 11.1 Å². The maximum atomic E-state index is 12.6. The number of ether oxygens (including phenoxy) is 1. The average molecular weight is 438 g/mol. The number of carbonyl (C=O) groups excluding carboxylic acids is 2. The molecule has 3 rings (SSSR count). The van der Waals surface area contributed by atoms with Crippen LogP contribution in [0.25, 0.3) is 0 Å². The zero-order chi connectivity index (χ0) is 23.4. The Balaban J connectivity index is 1.83. The molecule has 0 bridgehead atoms. The van der Waals surface area contributed by atoms with E-state index in [0.29, 0.717) is 31.5 Å². The Bertz CT molecular complexity index is 998. The van der Waals surface area contributed by atoms with Gasteiger partial charge in [0.25, 0.3) is 5.91 Å². The molecule has 1 heterocycles. The van der Waals surface area contributed by atoms with Crippen molar-refractivity contribution in [1.82, 2.24) is 9.78 Å². The van der Waals surface area contributed by atoms with Crippen molar-refractivity contribution in [2.75, 3.05) is 5.32 Å². The molecule has 1 fully saturated rings. The number of hydrogen-bond donors (Lipinski definition) is 2. The number of rotatable bonds is 8. The summed E-state index contributed by atoms with van der Waals surface area (Å²) >= 11 is 0. The summed E-state index contributed by atoms with van der Waals surface area (Å²) in [6, 6.07) is 11.6. The number of benzene rings is 1. The van der Waals surface area contributed by atoms with Crippen molar-refractivity contribution >= 4 is 23.4 Å². The number of nitriles is 1. The number of carbonyl (C=O) groups is 2. The zero-order valence-corrected chi connectivity index (χ0v) is 18.9. The van der Waals surface area contributed by atoms with E-state index in [2.05, 4.69) is 16.5 Å². The highest BCUT2D eigenvalue weighted by molar-refractivity contribution is 5.98. The van der Waals surface area contributed by atoms with Crippen molar-refractivity contribution in [3.63, 3.8) is 0 Å². The van der Waals surface area contributed by atoms with Crippen molar-refractivity contribution in [2.24, 2.45) is 11.7 Å². The van der Waals surface area contributed by atoms with Gasteiger partial charge < -0.3 is 15.8 Å². The summed E-state index contributed by atoms with van der Waals surface area (Å²) in [5.41, 5.74) is 5.55. The average Bonchev–Trinajstić information content (AvgIpc) is 3.19. The molecule has 0 saturated heterocycles. The van der Waals surface area contributed by atoms with Gasteiger partial charge >= 0.3 is 5.97 Å². The van der Waals surface area contributed by atoms with E-state index in [4.69, 9.17) is 10.5 Å². The van der Waals surface area contributed by atoms with Crippen molar-refractivity contribution in [3.05, 3.63) is 42.1 Å². The number of amides is 1. The standard InChI is InChI=1S/C24H31N5O3/c1-4-23(2,3)32-22(31)17-10-12-24(13-11-17,14-15-25)29-16-19(20(26)30)21(28-29)27-18-8-6-5-7-9-18/h5-9,16-17H,4,10-14H2,1-3H3,(H2,26,30)(H,27,28). The van der Waals surface area contributed by atoms with Crippen molar-refractivity contribution < 1.29 is 14.3 Å². The van der Waals surface area contributed by atoms with Crippen LogP contribution >= 0.6 is 0 Å². The Morgan fingerprint density at radius 3 is 2.53 bits per heavy atom. The fraction of sp³-hybridized carbons (Fsp3) is 0.500. The first-order valence-corrected chi connectivity index (χ1v) is 11.0. The Kier molecular flexibility index (Phi) is 6.87. The topological polar surface area (TPSA) is 123 Å². The highest BCUT2D eigenvalue weighted by atomic mass is 16.6. The smallest absolute Gasteiger partial charge is 0.309 e. The number of aromatic nitrogens is 2. The van der Waals surface area contributed by atoms with Gasteiger partial charge in [0.15, 0.2) is 5.82 Å². The number of primary amides is 1. The summed E-state index contributed by atoms with van der Waals surface area (Å²) in [5.74, 6) is -0.638. The molecule has 0 spiro atoms. The van der Waals surface area contributed by atoms with Gasteiger partial charge in [0.05, 0.1) is 23.9 Å². The lowest BCUT2D eigenvalue weighted by molar-refractivity contribution is -0.163. The van der Waals surface area contributed by atoms with E-state index in [-0.39, 0.29) is 23.9 Å². The van der Waals surface area contributed by atoms with Gasteiger partial charge in [-0.3, -0.25) is 14.3 Å². The molecular formula is C24H31N5O3. The third-order valence-electron chi connectivity index (χ3n) is 6.39. The predicted molar refractivity (Wildman–Crippen MR) is 121 cm³/mol. The van der Waals surface area contributed by atoms with Gasteiger partial charge in [0, 0.05) is 11.9 Å². The van der Waals surface area contributed by atoms with Gasteiger partial charge in [-0.15, -0.1) is 0 Å². The van der Waals surface area contributed by atoms with E-state index in [1.165, 1.54) is 0 Å². The Hall–Kier alpha value is -3.34. The first-order chi connectivity index (χ1) is 15.2. The SMILES string of the molecule is CCC(C)(C)OC(=O)C1CCC(CC#N)(n2cc(C(N)=O)c(Nc3ccccc3)n2)CC1. The molecule has 1 aromatic carbocycles. The van der Waals surface area contributed by atoms with Crippen molar-refractivity contribution in [3.8, 4) is 6.07 Å². The van der Waals surface area contributed by atoms with Gasteiger partial charge in [-0.1, -0.05) is 25.1 Å². The monoisotopic (exact) mass is 437 g/mol. The summed E-state index contributed by atoms with van der Waals surface area (Å²) in [4.78, 5) is 24.7. The number of esters is 1. The van der Waals surface area contributed by atoms with Crippen LogP contribution in [-0.2, 0) is 15.1 Å². The maximum absolute atomic E-state index is 12.6. The molecule has 1 aliphatic carbocycles.